The Morgan fingerprint density at radius 1 is 1.37 bits per heavy atom. The molecule has 0 radical (unpaired) electrons. The lowest BCUT2D eigenvalue weighted by molar-refractivity contribution is 0.202. The second-order valence-corrected chi connectivity index (χ2v) is 6.49. The van der Waals surface area contributed by atoms with E-state index in [1.54, 1.807) is 0 Å². The zero-order valence-corrected chi connectivity index (χ0v) is 12.9. The van der Waals surface area contributed by atoms with Gasteiger partial charge in [-0.1, -0.05) is 23.4 Å². The monoisotopic (exact) mass is 298 g/mol. The molecule has 0 saturated carbocycles. The van der Waals surface area contributed by atoms with E-state index in [2.05, 4.69) is 26.7 Å². The molecule has 0 spiro atoms. The van der Waals surface area contributed by atoms with Crippen molar-refractivity contribution < 1.29 is 0 Å². The second kappa shape index (κ2) is 5.46. The third kappa shape index (κ3) is 2.69. The van der Waals surface area contributed by atoms with Crippen molar-refractivity contribution >= 4 is 29.2 Å². The molecule has 0 amide bonds. The van der Waals surface area contributed by atoms with Crippen molar-refractivity contribution in [2.45, 2.75) is 37.0 Å². The Balaban J connectivity index is 1.86. The molecular formula is C13H19ClN4S. The number of aromatic nitrogens is 2. The summed E-state index contributed by atoms with van der Waals surface area (Å²) in [6, 6.07) is 3.06. The summed E-state index contributed by atoms with van der Waals surface area (Å²) in [7, 11) is 0. The zero-order valence-electron chi connectivity index (χ0n) is 11.3. The predicted octanol–water partition coefficient (Wildman–Crippen LogP) is 2.52. The van der Waals surface area contributed by atoms with Crippen molar-refractivity contribution in [3.63, 3.8) is 0 Å². The normalized spacial score (nSPS) is 27.6. The second-order valence-electron chi connectivity index (χ2n) is 5.33. The van der Waals surface area contributed by atoms with Gasteiger partial charge in [-0.2, -0.15) is 0 Å². The zero-order chi connectivity index (χ0) is 13.4. The summed E-state index contributed by atoms with van der Waals surface area (Å²) in [6.45, 7) is 5.70. The molecular weight excluding hydrogens is 280 g/mol. The molecule has 19 heavy (non-hydrogen) atoms. The highest BCUT2D eigenvalue weighted by Gasteiger charge is 2.35. The van der Waals surface area contributed by atoms with E-state index in [1.807, 2.05) is 12.3 Å². The molecule has 4 nitrogen and oxygen atoms in total. The molecule has 104 valence electrons. The van der Waals surface area contributed by atoms with Crippen LogP contribution in [0.1, 0.15) is 19.8 Å². The van der Waals surface area contributed by atoms with Crippen LogP contribution in [0.3, 0.4) is 0 Å². The fourth-order valence-corrected chi connectivity index (χ4v) is 3.73. The Bertz CT molecular complexity index is 470. The van der Waals surface area contributed by atoms with Gasteiger partial charge in [0.1, 0.15) is 11.0 Å². The maximum Gasteiger partial charge on any atom is 0.190 e. The topological polar surface area (TPSA) is 32.3 Å². The van der Waals surface area contributed by atoms with Crippen LogP contribution < -0.4 is 4.90 Å². The number of hydrogen-bond acceptors (Lipinski definition) is 5. The van der Waals surface area contributed by atoms with Gasteiger partial charge in [0.15, 0.2) is 5.16 Å². The lowest BCUT2D eigenvalue weighted by Gasteiger charge is -2.43. The van der Waals surface area contributed by atoms with Crippen LogP contribution in [0.4, 0.5) is 5.82 Å². The highest BCUT2D eigenvalue weighted by molar-refractivity contribution is 7.98. The molecule has 6 heteroatoms. The largest absolute Gasteiger partial charge is 0.351 e. The van der Waals surface area contributed by atoms with E-state index in [0.717, 1.165) is 24.1 Å². The number of rotatable bonds is 2. The van der Waals surface area contributed by atoms with Crippen LogP contribution in [0.2, 0.25) is 5.15 Å². The van der Waals surface area contributed by atoms with Crippen molar-refractivity contribution in [1.29, 1.82) is 0 Å². The quantitative estimate of drug-likeness (QED) is 0.476. The number of nitrogens with zero attached hydrogens (tertiary/aromatic N) is 4. The van der Waals surface area contributed by atoms with Gasteiger partial charge in [-0.3, -0.25) is 4.90 Å². The van der Waals surface area contributed by atoms with Crippen LogP contribution in [0.5, 0.6) is 0 Å². The van der Waals surface area contributed by atoms with Crippen molar-refractivity contribution in [3.8, 4) is 0 Å². The molecule has 2 fully saturated rings. The van der Waals surface area contributed by atoms with Crippen LogP contribution >= 0.6 is 23.4 Å². The van der Waals surface area contributed by atoms with E-state index in [1.165, 1.54) is 31.1 Å². The Labute approximate surface area is 123 Å². The number of halogens is 1. The van der Waals surface area contributed by atoms with E-state index in [-0.39, 0.29) is 0 Å². The fraction of sp³-hybridized carbons (Fsp3) is 0.692. The van der Waals surface area contributed by atoms with Crippen LogP contribution in [0, 0.1) is 0 Å². The molecule has 2 saturated heterocycles. The smallest absolute Gasteiger partial charge is 0.190 e. The number of anilines is 1. The minimum atomic E-state index is 0.482. The minimum Gasteiger partial charge on any atom is -0.351 e. The molecule has 3 rings (SSSR count). The van der Waals surface area contributed by atoms with E-state index in [9.17, 15) is 0 Å². The third-order valence-electron chi connectivity index (χ3n) is 4.08. The van der Waals surface area contributed by atoms with Gasteiger partial charge < -0.3 is 4.90 Å². The van der Waals surface area contributed by atoms with Crippen molar-refractivity contribution in [3.05, 3.63) is 11.2 Å². The number of thioether (sulfide) groups is 1. The molecule has 0 aromatic carbocycles. The van der Waals surface area contributed by atoms with Crippen molar-refractivity contribution in [2.24, 2.45) is 0 Å². The maximum absolute atomic E-state index is 6.11. The molecule has 1 aromatic heterocycles. The van der Waals surface area contributed by atoms with Crippen LogP contribution in [0.15, 0.2) is 11.2 Å². The van der Waals surface area contributed by atoms with Gasteiger partial charge >= 0.3 is 0 Å². The van der Waals surface area contributed by atoms with E-state index in [0.29, 0.717) is 17.2 Å². The highest BCUT2D eigenvalue weighted by Crippen LogP contribution is 2.29. The number of piperazine rings is 1. The molecule has 1 aromatic rings. The average molecular weight is 299 g/mol. The minimum absolute atomic E-state index is 0.482. The van der Waals surface area contributed by atoms with E-state index >= 15 is 0 Å². The average Bonchev–Trinajstić information content (AvgIpc) is 2.84. The van der Waals surface area contributed by atoms with Crippen LogP contribution in [0.25, 0.3) is 0 Å². The molecule has 0 N–H and O–H groups in total. The predicted molar refractivity (Wildman–Crippen MR) is 80.2 cm³/mol. The van der Waals surface area contributed by atoms with Crippen LogP contribution in [-0.2, 0) is 0 Å². The first kappa shape index (κ1) is 13.5. The summed E-state index contributed by atoms with van der Waals surface area (Å²) in [6.07, 6.45) is 4.61. The van der Waals surface area contributed by atoms with Gasteiger partial charge in [0.25, 0.3) is 0 Å². The third-order valence-corrected chi connectivity index (χ3v) is 4.82. The Morgan fingerprint density at radius 3 is 3.00 bits per heavy atom. The van der Waals surface area contributed by atoms with Crippen molar-refractivity contribution in [2.75, 3.05) is 30.8 Å². The lowest BCUT2D eigenvalue weighted by atomic mass is 10.1. The maximum atomic E-state index is 6.11. The molecule has 0 bridgehead atoms. The lowest BCUT2D eigenvalue weighted by Crippen LogP contribution is -2.55. The molecule has 3 heterocycles. The van der Waals surface area contributed by atoms with Crippen molar-refractivity contribution in [1.82, 2.24) is 14.9 Å². The molecule has 2 aliphatic rings. The summed E-state index contributed by atoms with van der Waals surface area (Å²) in [4.78, 5) is 13.8. The first-order chi connectivity index (χ1) is 9.17. The summed E-state index contributed by atoms with van der Waals surface area (Å²) >= 11 is 7.64. The van der Waals surface area contributed by atoms with E-state index < -0.39 is 0 Å². The van der Waals surface area contributed by atoms with E-state index in [4.69, 9.17) is 11.6 Å². The summed E-state index contributed by atoms with van der Waals surface area (Å²) in [5.41, 5.74) is 0. The Hall–Kier alpha value is -0.520. The number of hydrogen-bond donors (Lipinski definition) is 0. The summed E-state index contributed by atoms with van der Waals surface area (Å²) in [5, 5.41) is 1.29. The standard InChI is InChI=1S/C13H19ClN4S/c1-9-7-17-5-3-4-10(17)8-18(9)12-6-11(14)15-13(16-12)19-2/h6,9-10H,3-5,7-8H2,1-2H3. The van der Waals surface area contributed by atoms with Crippen LogP contribution in [-0.4, -0.2) is 52.8 Å². The van der Waals surface area contributed by atoms with Gasteiger partial charge in [-0.05, 0) is 32.6 Å². The van der Waals surface area contributed by atoms with Gasteiger partial charge in [-0.25, -0.2) is 9.97 Å². The van der Waals surface area contributed by atoms with Gasteiger partial charge in [0, 0.05) is 31.2 Å². The number of fused-ring (bicyclic) bond motifs is 1. The fourth-order valence-electron chi connectivity index (χ4n) is 3.13. The molecule has 0 aliphatic carbocycles. The molecule has 2 atom stereocenters. The molecule has 2 aliphatic heterocycles. The SMILES string of the molecule is CSc1nc(Cl)cc(N2CC3CCCN3CC2C)n1. The van der Waals surface area contributed by atoms with Gasteiger partial charge in [0.2, 0.25) is 0 Å². The molecule has 2 unspecified atom stereocenters. The van der Waals surface area contributed by atoms with Gasteiger partial charge in [-0.15, -0.1) is 0 Å². The Morgan fingerprint density at radius 2 is 2.21 bits per heavy atom. The summed E-state index contributed by atoms with van der Waals surface area (Å²) < 4.78 is 0. The first-order valence-electron chi connectivity index (χ1n) is 6.76. The first-order valence-corrected chi connectivity index (χ1v) is 8.37. The highest BCUT2D eigenvalue weighted by atomic mass is 35.5. The summed E-state index contributed by atoms with van der Waals surface area (Å²) in [5.74, 6) is 0.975. The van der Waals surface area contributed by atoms with Gasteiger partial charge in [0.05, 0.1) is 0 Å². The Kier molecular flexibility index (Phi) is 3.87.